The Hall–Kier alpha value is -1.08. The summed E-state index contributed by atoms with van der Waals surface area (Å²) in [5.74, 6) is -1.15. The fourth-order valence-corrected chi connectivity index (χ4v) is 1.43. The molecule has 0 radical (unpaired) electrons. The summed E-state index contributed by atoms with van der Waals surface area (Å²) in [5, 5.41) is 2.89. The van der Waals surface area contributed by atoms with Crippen molar-refractivity contribution in [2.24, 2.45) is 0 Å². The molecule has 0 atom stereocenters. The Morgan fingerprint density at radius 1 is 1.25 bits per heavy atom. The predicted octanol–water partition coefficient (Wildman–Crippen LogP) is 1.53. The number of aromatic nitrogens is 2. The molecule has 8 heteroatoms. The van der Waals surface area contributed by atoms with Gasteiger partial charge in [-0.3, -0.25) is 0 Å². The van der Waals surface area contributed by atoms with Crippen LogP contribution in [0.3, 0.4) is 0 Å². The summed E-state index contributed by atoms with van der Waals surface area (Å²) in [6.45, 7) is 0.758. The minimum atomic E-state index is -4.54. The normalized spacial score (nSPS) is 14.2. The number of nitrogens with one attached hydrogen (secondary N) is 1. The maximum atomic E-state index is 12.4. The Labute approximate surface area is 95.6 Å². The van der Waals surface area contributed by atoms with Crippen LogP contribution < -0.4 is 10.1 Å². The molecule has 1 N–H and O–H groups in total. The lowest BCUT2D eigenvalue weighted by Gasteiger charge is -2.09. The molecule has 4 nitrogen and oxygen atoms in total. The number of hydrogen-bond donors (Lipinski definition) is 1. The van der Waals surface area contributed by atoms with Gasteiger partial charge in [-0.15, -0.1) is 12.4 Å². The molecule has 2 rings (SSSR count). The van der Waals surface area contributed by atoms with E-state index in [4.69, 9.17) is 4.74 Å². The summed E-state index contributed by atoms with van der Waals surface area (Å²) in [7, 11) is 1.29. The van der Waals surface area contributed by atoms with E-state index in [9.17, 15) is 13.2 Å². The second kappa shape index (κ2) is 4.42. The van der Waals surface area contributed by atoms with Gasteiger partial charge in [0.2, 0.25) is 11.7 Å². The Balaban J connectivity index is 0.00000128. The number of alkyl halides is 3. The highest BCUT2D eigenvalue weighted by molar-refractivity contribution is 5.85. The van der Waals surface area contributed by atoms with E-state index in [1.165, 1.54) is 7.11 Å². The van der Waals surface area contributed by atoms with Crippen molar-refractivity contribution < 1.29 is 17.9 Å². The predicted molar refractivity (Wildman–Crippen MR) is 51.4 cm³/mol. The molecule has 0 saturated heterocycles. The van der Waals surface area contributed by atoms with Gasteiger partial charge >= 0.3 is 6.18 Å². The minimum Gasteiger partial charge on any atom is -0.481 e. The van der Waals surface area contributed by atoms with E-state index in [1.807, 2.05) is 0 Å². The third-order valence-corrected chi connectivity index (χ3v) is 2.10. The number of halogens is 4. The first-order valence-corrected chi connectivity index (χ1v) is 4.24. The molecule has 16 heavy (non-hydrogen) atoms. The van der Waals surface area contributed by atoms with Crippen LogP contribution in [0.2, 0.25) is 0 Å². The second-order valence-electron chi connectivity index (χ2n) is 3.08. The number of ether oxygens (including phenoxy) is 1. The zero-order valence-electron chi connectivity index (χ0n) is 8.26. The summed E-state index contributed by atoms with van der Waals surface area (Å²) in [5.41, 5.74) is 0.958. The Morgan fingerprint density at radius 3 is 2.50 bits per heavy atom. The van der Waals surface area contributed by atoms with Gasteiger partial charge in [0.25, 0.3) is 0 Å². The van der Waals surface area contributed by atoms with Crippen LogP contribution in [0.15, 0.2) is 0 Å². The number of fused-ring (bicyclic) bond motifs is 1. The molecule has 0 spiro atoms. The van der Waals surface area contributed by atoms with E-state index < -0.39 is 12.0 Å². The highest BCUT2D eigenvalue weighted by Gasteiger charge is 2.37. The summed E-state index contributed by atoms with van der Waals surface area (Å²) < 4.78 is 41.9. The molecular formula is C8H9ClF3N3O. The lowest BCUT2D eigenvalue weighted by Crippen LogP contribution is -2.14. The molecule has 2 heterocycles. The van der Waals surface area contributed by atoms with Crippen molar-refractivity contribution in [3.05, 3.63) is 17.1 Å². The van der Waals surface area contributed by atoms with Crippen molar-refractivity contribution in [2.45, 2.75) is 19.3 Å². The molecule has 0 aliphatic carbocycles. The number of hydrogen-bond acceptors (Lipinski definition) is 4. The molecule has 0 amide bonds. The Morgan fingerprint density at radius 2 is 1.94 bits per heavy atom. The minimum absolute atomic E-state index is 0. The molecule has 0 bridgehead atoms. The largest absolute Gasteiger partial charge is 0.481 e. The Bertz CT molecular complexity index is 397. The first kappa shape index (κ1) is 13.0. The number of rotatable bonds is 1. The molecule has 0 fully saturated rings. The van der Waals surface area contributed by atoms with Crippen LogP contribution in [0, 0.1) is 0 Å². The smallest absolute Gasteiger partial charge is 0.451 e. The zero-order chi connectivity index (χ0) is 11.1. The molecule has 0 aromatic carbocycles. The summed E-state index contributed by atoms with van der Waals surface area (Å²) in [6.07, 6.45) is -4.54. The van der Waals surface area contributed by atoms with Gasteiger partial charge in [-0.05, 0) is 0 Å². The SMILES string of the molecule is COc1nc(C(F)(F)F)nc2c1CNC2.Cl. The second-order valence-corrected chi connectivity index (χ2v) is 3.08. The Kier molecular flexibility index (Phi) is 3.59. The third kappa shape index (κ3) is 2.19. The molecular weight excluding hydrogens is 247 g/mol. The monoisotopic (exact) mass is 255 g/mol. The van der Waals surface area contributed by atoms with Crippen molar-refractivity contribution in [3.63, 3.8) is 0 Å². The summed E-state index contributed by atoms with van der Waals surface area (Å²) in [6, 6.07) is 0. The van der Waals surface area contributed by atoms with Crippen molar-refractivity contribution >= 4 is 12.4 Å². The highest BCUT2D eigenvalue weighted by Crippen LogP contribution is 2.31. The molecule has 1 aliphatic heterocycles. The van der Waals surface area contributed by atoms with Gasteiger partial charge in [0, 0.05) is 13.1 Å². The molecule has 90 valence electrons. The number of nitrogens with zero attached hydrogens (tertiary/aromatic N) is 2. The first-order chi connectivity index (χ1) is 7.02. The average molecular weight is 256 g/mol. The molecule has 0 saturated carbocycles. The van der Waals surface area contributed by atoms with E-state index in [1.54, 1.807) is 0 Å². The highest BCUT2D eigenvalue weighted by atomic mass is 35.5. The van der Waals surface area contributed by atoms with Crippen LogP contribution in [0.1, 0.15) is 17.1 Å². The van der Waals surface area contributed by atoms with E-state index in [0.717, 1.165) is 0 Å². The van der Waals surface area contributed by atoms with E-state index in [2.05, 4.69) is 15.3 Å². The fourth-order valence-electron chi connectivity index (χ4n) is 1.43. The van der Waals surface area contributed by atoms with Gasteiger partial charge in [-0.1, -0.05) is 0 Å². The maximum Gasteiger partial charge on any atom is 0.451 e. The van der Waals surface area contributed by atoms with Crippen LogP contribution in [0.4, 0.5) is 13.2 Å². The van der Waals surface area contributed by atoms with Crippen LogP contribution >= 0.6 is 12.4 Å². The van der Waals surface area contributed by atoms with Gasteiger partial charge in [-0.25, -0.2) is 4.98 Å². The fraction of sp³-hybridized carbons (Fsp3) is 0.500. The zero-order valence-corrected chi connectivity index (χ0v) is 9.08. The lowest BCUT2D eigenvalue weighted by molar-refractivity contribution is -0.145. The van der Waals surface area contributed by atoms with Crippen molar-refractivity contribution in [1.82, 2.24) is 15.3 Å². The van der Waals surface area contributed by atoms with Gasteiger partial charge in [0.05, 0.1) is 18.4 Å². The van der Waals surface area contributed by atoms with Crippen LogP contribution in [0.5, 0.6) is 5.88 Å². The quantitative estimate of drug-likeness (QED) is 0.827. The standard InChI is InChI=1S/C8H8F3N3O.ClH/c1-15-6-4-2-12-3-5(4)13-7(14-6)8(9,10)11;/h12H,2-3H2,1H3;1H. The van der Waals surface area contributed by atoms with Crippen LogP contribution in [-0.2, 0) is 19.3 Å². The molecule has 1 aromatic rings. The maximum absolute atomic E-state index is 12.4. The van der Waals surface area contributed by atoms with E-state index >= 15 is 0 Å². The third-order valence-electron chi connectivity index (χ3n) is 2.10. The van der Waals surface area contributed by atoms with Gasteiger partial charge in [-0.2, -0.15) is 18.2 Å². The van der Waals surface area contributed by atoms with Crippen molar-refractivity contribution in [1.29, 1.82) is 0 Å². The summed E-state index contributed by atoms with van der Waals surface area (Å²) in [4.78, 5) is 6.79. The summed E-state index contributed by atoms with van der Waals surface area (Å²) >= 11 is 0. The van der Waals surface area contributed by atoms with E-state index in [0.29, 0.717) is 24.3 Å². The van der Waals surface area contributed by atoms with Crippen LogP contribution in [0.25, 0.3) is 0 Å². The van der Waals surface area contributed by atoms with Gasteiger partial charge < -0.3 is 10.1 Å². The van der Waals surface area contributed by atoms with Gasteiger partial charge in [0.15, 0.2) is 0 Å². The molecule has 1 aliphatic rings. The molecule has 0 unspecified atom stereocenters. The topological polar surface area (TPSA) is 47.0 Å². The van der Waals surface area contributed by atoms with Gasteiger partial charge in [0.1, 0.15) is 0 Å². The number of methoxy groups -OCH3 is 1. The lowest BCUT2D eigenvalue weighted by atomic mass is 10.2. The van der Waals surface area contributed by atoms with Crippen LogP contribution in [-0.4, -0.2) is 17.1 Å². The van der Waals surface area contributed by atoms with Crippen molar-refractivity contribution in [2.75, 3.05) is 7.11 Å². The molecule has 1 aromatic heterocycles. The first-order valence-electron chi connectivity index (χ1n) is 4.24. The average Bonchev–Trinajstić information content (AvgIpc) is 2.62. The van der Waals surface area contributed by atoms with Crippen molar-refractivity contribution in [3.8, 4) is 5.88 Å². The van der Waals surface area contributed by atoms with E-state index in [-0.39, 0.29) is 18.3 Å².